The number of alkyl halides is 3. The average Bonchev–Trinajstić information content (AvgIpc) is 2.61. The first-order valence-electron chi connectivity index (χ1n) is 8.42. The zero-order valence-electron chi connectivity index (χ0n) is 14.5. The summed E-state index contributed by atoms with van der Waals surface area (Å²) in [6.45, 7) is 2.02. The number of aryl methyl sites for hydroxylation is 1. The van der Waals surface area contributed by atoms with Gasteiger partial charge in [0.15, 0.2) is 0 Å². The Bertz CT molecular complexity index is 1040. The summed E-state index contributed by atoms with van der Waals surface area (Å²) in [5.74, 6) is -0.532. The predicted molar refractivity (Wildman–Crippen MR) is 98.0 cm³/mol. The fourth-order valence-electron chi connectivity index (χ4n) is 2.90. The van der Waals surface area contributed by atoms with Crippen LogP contribution in [0.4, 0.5) is 18.9 Å². The second-order valence-corrected chi connectivity index (χ2v) is 6.20. The van der Waals surface area contributed by atoms with Crippen LogP contribution in [0.25, 0.3) is 10.9 Å². The lowest BCUT2D eigenvalue weighted by atomic mass is 10.0. The minimum atomic E-state index is -4.45. The Hall–Kier alpha value is -3.09. The standard InChI is InChI=1S/C20H17F3N2O2/c1-2-3-13-10-18(26)25-17-11-15(8-9-16(13)17)24-19(27)12-4-6-14(7-5-12)20(21,22)23/h4-11H,2-3H2,1H3,(H,24,27)(H,25,26). The average molecular weight is 374 g/mol. The Morgan fingerprint density at radius 1 is 1.07 bits per heavy atom. The van der Waals surface area contributed by atoms with Gasteiger partial charge in [-0.15, -0.1) is 0 Å². The van der Waals surface area contributed by atoms with E-state index in [0.29, 0.717) is 11.2 Å². The maximum Gasteiger partial charge on any atom is 0.416 e. The number of carbonyl (C=O) groups is 1. The molecule has 27 heavy (non-hydrogen) atoms. The molecule has 2 N–H and O–H groups in total. The molecule has 0 fully saturated rings. The van der Waals surface area contributed by atoms with Crippen LogP contribution in [0, 0.1) is 0 Å². The molecular formula is C20H17F3N2O2. The van der Waals surface area contributed by atoms with Gasteiger partial charge in [0.1, 0.15) is 0 Å². The molecule has 2 aromatic carbocycles. The van der Waals surface area contributed by atoms with Crippen LogP contribution < -0.4 is 10.9 Å². The highest BCUT2D eigenvalue weighted by atomic mass is 19.4. The van der Waals surface area contributed by atoms with E-state index in [1.54, 1.807) is 24.3 Å². The molecule has 1 aromatic heterocycles. The maximum absolute atomic E-state index is 12.6. The van der Waals surface area contributed by atoms with Crippen LogP contribution in [0.15, 0.2) is 53.3 Å². The van der Waals surface area contributed by atoms with Gasteiger partial charge in [-0.2, -0.15) is 13.2 Å². The van der Waals surface area contributed by atoms with E-state index in [1.807, 2.05) is 6.92 Å². The van der Waals surface area contributed by atoms with E-state index in [1.165, 1.54) is 0 Å². The van der Waals surface area contributed by atoms with Crippen LogP contribution in [0.5, 0.6) is 0 Å². The largest absolute Gasteiger partial charge is 0.416 e. The van der Waals surface area contributed by atoms with Crippen LogP contribution in [0.1, 0.15) is 34.8 Å². The number of halogens is 3. The maximum atomic E-state index is 12.6. The summed E-state index contributed by atoms with van der Waals surface area (Å²) in [6, 6.07) is 10.7. The third-order valence-corrected chi connectivity index (χ3v) is 4.18. The van der Waals surface area contributed by atoms with E-state index < -0.39 is 17.6 Å². The third-order valence-electron chi connectivity index (χ3n) is 4.18. The number of pyridine rings is 1. The number of amides is 1. The van der Waals surface area contributed by atoms with Gasteiger partial charge in [-0.25, -0.2) is 0 Å². The second kappa shape index (κ2) is 7.26. The van der Waals surface area contributed by atoms with Crippen molar-refractivity contribution >= 4 is 22.5 Å². The summed E-state index contributed by atoms with van der Waals surface area (Å²) >= 11 is 0. The van der Waals surface area contributed by atoms with Crippen molar-refractivity contribution in [2.24, 2.45) is 0 Å². The van der Waals surface area contributed by atoms with E-state index in [4.69, 9.17) is 0 Å². The molecule has 0 atom stereocenters. The smallest absolute Gasteiger partial charge is 0.322 e. The number of H-pyrrole nitrogens is 1. The Labute approximate surface area is 153 Å². The Morgan fingerprint density at radius 3 is 2.41 bits per heavy atom. The molecule has 140 valence electrons. The molecule has 0 bridgehead atoms. The Morgan fingerprint density at radius 2 is 1.78 bits per heavy atom. The van der Waals surface area contributed by atoms with Crippen LogP contribution in [0.2, 0.25) is 0 Å². The summed E-state index contributed by atoms with van der Waals surface area (Å²) < 4.78 is 37.8. The molecule has 3 rings (SSSR count). The first kappa shape index (κ1) is 18.7. The number of aromatic nitrogens is 1. The van der Waals surface area contributed by atoms with E-state index in [0.717, 1.165) is 48.1 Å². The molecule has 0 spiro atoms. The van der Waals surface area contributed by atoms with Gasteiger partial charge in [-0.3, -0.25) is 9.59 Å². The highest BCUT2D eigenvalue weighted by molar-refractivity contribution is 6.05. The first-order chi connectivity index (χ1) is 12.8. The quantitative estimate of drug-likeness (QED) is 0.692. The number of benzene rings is 2. The van der Waals surface area contributed by atoms with Crippen LogP contribution in [-0.2, 0) is 12.6 Å². The summed E-state index contributed by atoms with van der Waals surface area (Å²) in [7, 11) is 0. The van der Waals surface area contributed by atoms with Crippen molar-refractivity contribution in [3.63, 3.8) is 0 Å². The number of aromatic amines is 1. The molecule has 1 amide bonds. The summed E-state index contributed by atoms with van der Waals surface area (Å²) in [6.07, 6.45) is -2.79. The summed E-state index contributed by atoms with van der Waals surface area (Å²) in [4.78, 5) is 26.8. The third kappa shape index (κ3) is 4.19. The number of hydrogen-bond donors (Lipinski definition) is 2. The SMILES string of the molecule is CCCc1cc(=O)[nH]c2cc(NC(=O)c3ccc(C(F)(F)F)cc3)ccc12. The number of hydrogen-bond acceptors (Lipinski definition) is 2. The number of carbonyl (C=O) groups excluding carboxylic acids is 1. The van der Waals surface area contributed by atoms with Crippen molar-refractivity contribution in [3.05, 3.63) is 75.6 Å². The number of rotatable bonds is 4. The van der Waals surface area contributed by atoms with Gasteiger partial charge in [0.2, 0.25) is 5.56 Å². The predicted octanol–water partition coefficient (Wildman–Crippen LogP) is 4.75. The van der Waals surface area contributed by atoms with E-state index >= 15 is 0 Å². The van der Waals surface area contributed by atoms with Gasteiger partial charge in [0, 0.05) is 22.7 Å². The lowest BCUT2D eigenvalue weighted by molar-refractivity contribution is -0.137. The van der Waals surface area contributed by atoms with Crippen molar-refractivity contribution in [3.8, 4) is 0 Å². The van der Waals surface area contributed by atoms with Crippen LogP contribution in [0.3, 0.4) is 0 Å². The molecule has 0 aliphatic rings. The summed E-state index contributed by atoms with van der Waals surface area (Å²) in [5.41, 5.74) is 1.03. The molecule has 7 heteroatoms. The molecule has 0 radical (unpaired) electrons. The van der Waals surface area contributed by atoms with Crippen LogP contribution >= 0.6 is 0 Å². The van der Waals surface area contributed by atoms with Crippen LogP contribution in [-0.4, -0.2) is 10.9 Å². The molecule has 0 aliphatic heterocycles. The highest BCUT2D eigenvalue weighted by Gasteiger charge is 2.30. The normalized spacial score (nSPS) is 11.6. The molecule has 0 saturated heterocycles. The van der Waals surface area contributed by atoms with Gasteiger partial charge in [0.25, 0.3) is 5.91 Å². The van der Waals surface area contributed by atoms with E-state index in [2.05, 4.69) is 10.3 Å². The molecule has 3 aromatic rings. The van der Waals surface area contributed by atoms with Gasteiger partial charge in [-0.1, -0.05) is 19.4 Å². The Kier molecular flexibility index (Phi) is 5.03. The van der Waals surface area contributed by atoms with Crippen molar-refractivity contribution in [1.29, 1.82) is 0 Å². The first-order valence-corrected chi connectivity index (χ1v) is 8.42. The van der Waals surface area contributed by atoms with Crippen molar-refractivity contribution < 1.29 is 18.0 Å². The zero-order chi connectivity index (χ0) is 19.6. The van der Waals surface area contributed by atoms with Crippen molar-refractivity contribution in [1.82, 2.24) is 4.98 Å². The monoisotopic (exact) mass is 374 g/mol. The highest BCUT2D eigenvalue weighted by Crippen LogP contribution is 2.29. The molecular weight excluding hydrogens is 357 g/mol. The molecule has 0 unspecified atom stereocenters. The minimum Gasteiger partial charge on any atom is -0.322 e. The number of nitrogens with one attached hydrogen (secondary N) is 2. The molecule has 4 nitrogen and oxygen atoms in total. The summed E-state index contributed by atoms with van der Waals surface area (Å²) in [5, 5.41) is 3.53. The van der Waals surface area contributed by atoms with Crippen molar-refractivity contribution in [2.45, 2.75) is 25.9 Å². The molecule has 0 saturated carbocycles. The number of fused-ring (bicyclic) bond motifs is 1. The lowest BCUT2D eigenvalue weighted by Crippen LogP contribution is -2.13. The minimum absolute atomic E-state index is 0.108. The van der Waals surface area contributed by atoms with E-state index in [9.17, 15) is 22.8 Å². The molecule has 1 heterocycles. The van der Waals surface area contributed by atoms with E-state index in [-0.39, 0.29) is 11.1 Å². The lowest BCUT2D eigenvalue weighted by Gasteiger charge is -2.10. The Balaban J connectivity index is 1.86. The van der Waals surface area contributed by atoms with Gasteiger partial charge in [-0.05, 0) is 48.4 Å². The topological polar surface area (TPSA) is 62.0 Å². The van der Waals surface area contributed by atoms with Gasteiger partial charge >= 0.3 is 6.18 Å². The van der Waals surface area contributed by atoms with Gasteiger partial charge < -0.3 is 10.3 Å². The second-order valence-electron chi connectivity index (χ2n) is 6.20. The fraction of sp³-hybridized carbons (Fsp3) is 0.200. The number of anilines is 1. The van der Waals surface area contributed by atoms with Crippen molar-refractivity contribution in [2.75, 3.05) is 5.32 Å². The van der Waals surface area contributed by atoms with Gasteiger partial charge in [0.05, 0.1) is 11.1 Å². The molecule has 0 aliphatic carbocycles. The fourth-order valence-corrected chi connectivity index (χ4v) is 2.90. The zero-order valence-corrected chi connectivity index (χ0v) is 14.5.